The highest BCUT2D eigenvalue weighted by molar-refractivity contribution is 5.80. The lowest BCUT2D eigenvalue weighted by Gasteiger charge is -2.19. The average molecular weight is 365 g/mol. The summed E-state index contributed by atoms with van der Waals surface area (Å²) >= 11 is 0. The molecule has 2 N–H and O–H groups in total. The van der Waals surface area contributed by atoms with Gasteiger partial charge < -0.3 is 10.6 Å². The second-order valence-electron chi connectivity index (χ2n) is 6.45. The number of aliphatic imine (C=N–C) groups is 1. The van der Waals surface area contributed by atoms with E-state index in [1.165, 1.54) is 5.56 Å². The third kappa shape index (κ3) is 5.20. The van der Waals surface area contributed by atoms with Crippen molar-refractivity contribution < 1.29 is 0 Å². The Hall–Kier alpha value is -3.09. The van der Waals surface area contributed by atoms with Crippen molar-refractivity contribution in [3.63, 3.8) is 0 Å². The highest BCUT2D eigenvalue weighted by atomic mass is 15.3. The fourth-order valence-electron chi connectivity index (χ4n) is 2.82. The number of guanidine groups is 1. The lowest BCUT2D eigenvalue weighted by molar-refractivity contribution is 0.617. The Kier molecular flexibility index (Phi) is 6.25. The van der Waals surface area contributed by atoms with Gasteiger partial charge in [-0.15, -0.1) is 0 Å². The molecule has 2 heterocycles. The molecule has 0 spiro atoms. The fraction of sp³-hybridized carbons (Fsp3) is 0.350. The fourth-order valence-corrected chi connectivity index (χ4v) is 2.82. The van der Waals surface area contributed by atoms with E-state index in [9.17, 15) is 0 Å². The van der Waals surface area contributed by atoms with Gasteiger partial charge >= 0.3 is 0 Å². The minimum atomic E-state index is 0.116. The van der Waals surface area contributed by atoms with Gasteiger partial charge in [0.25, 0.3) is 0 Å². The number of aromatic nitrogens is 4. The molecule has 3 aromatic rings. The zero-order chi connectivity index (χ0) is 19.1. The predicted molar refractivity (Wildman–Crippen MR) is 108 cm³/mol. The van der Waals surface area contributed by atoms with Crippen LogP contribution >= 0.6 is 0 Å². The van der Waals surface area contributed by atoms with Crippen LogP contribution in [0.1, 0.15) is 31.0 Å². The molecule has 1 unspecified atom stereocenters. The van der Waals surface area contributed by atoms with Gasteiger partial charge in [-0.1, -0.05) is 12.1 Å². The van der Waals surface area contributed by atoms with Crippen molar-refractivity contribution in [1.82, 2.24) is 30.2 Å². The zero-order valence-corrected chi connectivity index (χ0v) is 16.1. The Morgan fingerprint density at radius 3 is 2.85 bits per heavy atom. The molecule has 0 saturated heterocycles. The molecule has 1 atom stereocenters. The Labute approximate surface area is 160 Å². The molecular weight excluding hydrogens is 338 g/mol. The van der Waals surface area contributed by atoms with E-state index < -0.39 is 0 Å². The summed E-state index contributed by atoms with van der Waals surface area (Å²) in [6.07, 6.45) is 7.62. The monoisotopic (exact) mass is 365 g/mol. The van der Waals surface area contributed by atoms with Gasteiger partial charge in [0.05, 0.1) is 31.0 Å². The summed E-state index contributed by atoms with van der Waals surface area (Å²) in [6.45, 7) is 8.47. The quantitative estimate of drug-likeness (QED) is 0.499. The third-order valence-corrected chi connectivity index (χ3v) is 4.20. The van der Waals surface area contributed by atoms with Crippen LogP contribution in [0.5, 0.6) is 0 Å². The van der Waals surface area contributed by atoms with Crippen LogP contribution in [0.15, 0.2) is 60.1 Å². The maximum atomic E-state index is 4.67. The van der Waals surface area contributed by atoms with Gasteiger partial charge in [-0.25, -0.2) is 4.68 Å². The van der Waals surface area contributed by atoms with E-state index >= 15 is 0 Å². The maximum Gasteiger partial charge on any atom is 0.191 e. The van der Waals surface area contributed by atoms with Crippen molar-refractivity contribution in [1.29, 1.82) is 0 Å². The number of hydrogen-bond donors (Lipinski definition) is 2. The summed E-state index contributed by atoms with van der Waals surface area (Å²) in [5.41, 5.74) is 3.38. The lowest BCUT2D eigenvalue weighted by Crippen LogP contribution is -2.39. The molecule has 0 fully saturated rings. The molecule has 0 aliphatic heterocycles. The average Bonchev–Trinajstić information content (AvgIpc) is 3.34. The lowest BCUT2D eigenvalue weighted by atomic mass is 10.1. The molecule has 3 rings (SSSR count). The van der Waals surface area contributed by atoms with Crippen LogP contribution in [0, 0.1) is 6.92 Å². The van der Waals surface area contributed by atoms with Crippen LogP contribution in [0.3, 0.4) is 0 Å². The largest absolute Gasteiger partial charge is 0.357 e. The SMILES string of the molecule is CCNC(=NCCn1cc(C)cn1)NC(C)c1cccc(-n2cccn2)c1. The van der Waals surface area contributed by atoms with Gasteiger partial charge in [0.1, 0.15) is 0 Å². The van der Waals surface area contributed by atoms with Gasteiger partial charge in [0.2, 0.25) is 0 Å². The molecule has 142 valence electrons. The molecule has 7 nitrogen and oxygen atoms in total. The standard InChI is InChI=1S/C20H27N7/c1-4-21-20(22-10-12-26-15-16(2)14-24-26)25-17(3)18-7-5-8-19(13-18)27-11-6-9-23-27/h5-9,11,13-15,17H,4,10,12H2,1-3H3,(H2,21,22,25). The summed E-state index contributed by atoms with van der Waals surface area (Å²) < 4.78 is 3.78. The highest BCUT2D eigenvalue weighted by Gasteiger charge is 2.09. The first-order valence-electron chi connectivity index (χ1n) is 9.29. The minimum Gasteiger partial charge on any atom is -0.357 e. The van der Waals surface area contributed by atoms with E-state index in [2.05, 4.69) is 63.9 Å². The molecule has 0 bridgehead atoms. The van der Waals surface area contributed by atoms with Crippen LogP contribution < -0.4 is 10.6 Å². The van der Waals surface area contributed by atoms with Crippen molar-refractivity contribution >= 4 is 5.96 Å². The van der Waals surface area contributed by atoms with Gasteiger partial charge in [-0.05, 0) is 50.1 Å². The number of hydrogen-bond acceptors (Lipinski definition) is 3. The Balaban J connectivity index is 1.64. The van der Waals surface area contributed by atoms with Crippen LogP contribution in [0.4, 0.5) is 0 Å². The Morgan fingerprint density at radius 1 is 1.26 bits per heavy atom. The molecule has 0 aliphatic carbocycles. The zero-order valence-electron chi connectivity index (χ0n) is 16.1. The van der Waals surface area contributed by atoms with Crippen molar-refractivity contribution in [3.05, 3.63) is 66.2 Å². The summed E-state index contributed by atoms with van der Waals surface area (Å²) in [5, 5.41) is 15.4. The molecule has 27 heavy (non-hydrogen) atoms. The number of aryl methyl sites for hydroxylation is 1. The topological polar surface area (TPSA) is 72.1 Å². The molecule has 0 radical (unpaired) electrons. The smallest absolute Gasteiger partial charge is 0.191 e. The molecular formula is C20H27N7. The predicted octanol–water partition coefficient (Wildman–Crippen LogP) is 2.69. The van der Waals surface area contributed by atoms with Crippen LogP contribution in [-0.2, 0) is 6.54 Å². The van der Waals surface area contributed by atoms with E-state index in [0.717, 1.165) is 30.3 Å². The maximum absolute atomic E-state index is 4.67. The van der Waals surface area contributed by atoms with E-state index in [0.29, 0.717) is 6.54 Å². The summed E-state index contributed by atoms with van der Waals surface area (Å²) in [5.74, 6) is 0.804. The van der Waals surface area contributed by atoms with E-state index in [-0.39, 0.29) is 6.04 Å². The van der Waals surface area contributed by atoms with Crippen molar-refractivity contribution in [2.45, 2.75) is 33.4 Å². The van der Waals surface area contributed by atoms with Crippen LogP contribution in [-0.4, -0.2) is 38.6 Å². The number of benzene rings is 1. The highest BCUT2D eigenvalue weighted by Crippen LogP contribution is 2.16. The molecule has 0 aliphatic rings. The summed E-state index contributed by atoms with van der Waals surface area (Å²) in [6, 6.07) is 10.4. The second-order valence-corrected chi connectivity index (χ2v) is 6.45. The molecule has 0 amide bonds. The van der Waals surface area contributed by atoms with Gasteiger partial charge in [-0.2, -0.15) is 10.2 Å². The van der Waals surface area contributed by atoms with Gasteiger partial charge in [-0.3, -0.25) is 9.67 Å². The van der Waals surface area contributed by atoms with E-state index in [1.54, 1.807) is 6.20 Å². The van der Waals surface area contributed by atoms with Crippen LogP contribution in [0.2, 0.25) is 0 Å². The van der Waals surface area contributed by atoms with E-state index in [1.807, 2.05) is 40.9 Å². The molecule has 7 heteroatoms. The van der Waals surface area contributed by atoms with Crippen molar-refractivity contribution in [2.75, 3.05) is 13.1 Å². The molecule has 0 saturated carbocycles. The van der Waals surface area contributed by atoms with Gasteiger partial charge in [0, 0.05) is 25.1 Å². The van der Waals surface area contributed by atoms with Crippen LogP contribution in [0.25, 0.3) is 5.69 Å². The van der Waals surface area contributed by atoms with Crippen molar-refractivity contribution in [3.8, 4) is 5.69 Å². The number of nitrogens with one attached hydrogen (secondary N) is 2. The van der Waals surface area contributed by atoms with Gasteiger partial charge in [0.15, 0.2) is 5.96 Å². The first-order chi connectivity index (χ1) is 13.2. The summed E-state index contributed by atoms with van der Waals surface area (Å²) in [4.78, 5) is 4.67. The first kappa shape index (κ1) is 18.7. The minimum absolute atomic E-state index is 0.116. The summed E-state index contributed by atoms with van der Waals surface area (Å²) in [7, 11) is 0. The third-order valence-electron chi connectivity index (χ3n) is 4.20. The molecule has 1 aromatic carbocycles. The Morgan fingerprint density at radius 2 is 2.15 bits per heavy atom. The normalized spacial score (nSPS) is 12.8. The van der Waals surface area contributed by atoms with Crippen molar-refractivity contribution in [2.24, 2.45) is 4.99 Å². The Bertz CT molecular complexity index is 864. The second kappa shape index (κ2) is 9.02. The van der Waals surface area contributed by atoms with E-state index in [4.69, 9.17) is 0 Å². The number of nitrogens with zero attached hydrogens (tertiary/aromatic N) is 5. The number of rotatable bonds is 7. The molecule has 2 aromatic heterocycles. The first-order valence-corrected chi connectivity index (χ1v) is 9.29.